The van der Waals surface area contributed by atoms with E-state index in [4.69, 9.17) is 9.31 Å². The molecule has 0 unspecified atom stereocenters. The highest BCUT2D eigenvalue weighted by atomic mass is 16.7. The van der Waals surface area contributed by atoms with Crippen molar-refractivity contribution in [1.82, 2.24) is 0 Å². The summed E-state index contributed by atoms with van der Waals surface area (Å²) in [5.41, 5.74) is 7.52. The van der Waals surface area contributed by atoms with Gasteiger partial charge in [-0.05, 0) is 77.3 Å². The largest absolute Gasteiger partial charge is 0.494 e. The van der Waals surface area contributed by atoms with Crippen LogP contribution < -0.4 is 5.46 Å². The maximum atomic E-state index is 6.47. The van der Waals surface area contributed by atoms with E-state index in [9.17, 15) is 0 Å². The normalized spacial score (nSPS) is 18.4. The number of hydrogen-bond acceptors (Lipinski definition) is 2. The van der Waals surface area contributed by atoms with Gasteiger partial charge in [0.15, 0.2) is 0 Å². The fourth-order valence-corrected chi connectivity index (χ4v) is 6.41. The van der Waals surface area contributed by atoms with Crippen molar-refractivity contribution in [2.24, 2.45) is 0 Å². The van der Waals surface area contributed by atoms with Crippen LogP contribution >= 0.6 is 0 Å². The Morgan fingerprint density at radius 2 is 1.13 bits per heavy atom. The lowest BCUT2D eigenvalue weighted by molar-refractivity contribution is 0.00578. The van der Waals surface area contributed by atoms with Gasteiger partial charge in [-0.2, -0.15) is 0 Å². The molecular weight excluding hydrogens is 463 g/mol. The van der Waals surface area contributed by atoms with Gasteiger partial charge in [-0.25, -0.2) is 0 Å². The van der Waals surface area contributed by atoms with Crippen molar-refractivity contribution < 1.29 is 9.31 Å². The minimum atomic E-state index is -0.442. The highest BCUT2D eigenvalue weighted by Gasteiger charge is 2.53. The molecule has 5 aromatic carbocycles. The zero-order valence-corrected chi connectivity index (χ0v) is 22.4. The Bertz CT molecular complexity index is 1620. The monoisotopic (exact) mass is 494 g/mol. The Hall–Kier alpha value is -3.66. The van der Waals surface area contributed by atoms with E-state index in [1.54, 1.807) is 0 Å². The highest BCUT2D eigenvalue weighted by molar-refractivity contribution is 6.62. The number of fused-ring (bicyclic) bond motifs is 5. The van der Waals surface area contributed by atoms with Gasteiger partial charge in [0.2, 0.25) is 0 Å². The van der Waals surface area contributed by atoms with Gasteiger partial charge in [0.05, 0.1) is 16.6 Å². The van der Waals surface area contributed by atoms with Crippen molar-refractivity contribution >= 4 is 23.4 Å². The first-order valence-corrected chi connectivity index (χ1v) is 13.5. The Morgan fingerprint density at radius 3 is 1.76 bits per heavy atom. The van der Waals surface area contributed by atoms with Crippen LogP contribution in [0.4, 0.5) is 0 Å². The van der Waals surface area contributed by atoms with Crippen molar-refractivity contribution in [2.45, 2.75) is 44.3 Å². The summed E-state index contributed by atoms with van der Waals surface area (Å²) in [5, 5.41) is 2.53. The topological polar surface area (TPSA) is 18.5 Å². The van der Waals surface area contributed by atoms with Crippen molar-refractivity contribution in [2.75, 3.05) is 0 Å². The van der Waals surface area contributed by atoms with Gasteiger partial charge in [0.1, 0.15) is 0 Å². The van der Waals surface area contributed by atoms with E-state index < -0.39 is 12.5 Å². The zero-order chi connectivity index (χ0) is 26.1. The first-order chi connectivity index (χ1) is 18.3. The molecule has 2 aliphatic rings. The fraction of sp³-hybridized carbons (Fsp3) is 0.200. The molecule has 0 N–H and O–H groups in total. The van der Waals surface area contributed by atoms with Crippen LogP contribution in [-0.4, -0.2) is 18.3 Å². The van der Waals surface area contributed by atoms with Gasteiger partial charge < -0.3 is 9.31 Å². The summed E-state index contributed by atoms with van der Waals surface area (Å²) < 4.78 is 12.9. The summed E-state index contributed by atoms with van der Waals surface area (Å²) in [7, 11) is -0.405. The standard InChI is InChI=1S/C35H31BO2/c1-33(2)34(3,4)38-36(37-33)27-20-22-31-30(23-27)29-21-19-24-13-11-12-18-28(24)32(29)35(31,25-14-7-5-8-15-25)26-16-9-6-10-17-26/h5-23H,1-4H3. The third kappa shape index (κ3) is 3.16. The molecule has 0 amide bonds. The molecule has 5 aromatic rings. The first kappa shape index (κ1) is 23.5. The molecule has 1 heterocycles. The van der Waals surface area contributed by atoms with E-state index in [-0.39, 0.29) is 11.2 Å². The van der Waals surface area contributed by atoms with Crippen molar-refractivity contribution in [3.05, 3.63) is 138 Å². The van der Waals surface area contributed by atoms with Gasteiger partial charge in [-0.15, -0.1) is 0 Å². The molecule has 7 rings (SSSR count). The molecule has 0 bridgehead atoms. The van der Waals surface area contributed by atoms with Crippen LogP contribution in [0.25, 0.3) is 21.9 Å². The molecule has 0 aromatic heterocycles. The average Bonchev–Trinajstić information content (AvgIpc) is 3.36. The van der Waals surface area contributed by atoms with Crippen molar-refractivity contribution in [1.29, 1.82) is 0 Å². The highest BCUT2D eigenvalue weighted by Crippen LogP contribution is 2.57. The molecule has 38 heavy (non-hydrogen) atoms. The molecular formula is C35H31BO2. The summed E-state index contributed by atoms with van der Waals surface area (Å²) >= 11 is 0. The molecule has 0 saturated carbocycles. The summed E-state index contributed by atoms with van der Waals surface area (Å²) in [6.45, 7) is 8.44. The van der Waals surface area contributed by atoms with E-state index in [2.05, 4.69) is 143 Å². The maximum absolute atomic E-state index is 6.47. The summed E-state index contributed by atoms with van der Waals surface area (Å²) in [4.78, 5) is 0. The molecule has 1 fully saturated rings. The van der Waals surface area contributed by atoms with Gasteiger partial charge in [-0.3, -0.25) is 0 Å². The lowest BCUT2D eigenvalue weighted by atomic mass is 9.66. The SMILES string of the molecule is CC1(C)OB(c2ccc3c(c2)-c2ccc4ccccc4c2C3(c2ccccc2)c2ccccc2)OC1(C)C. The van der Waals surface area contributed by atoms with E-state index in [0.717, 1.165) is 5.46 Å². The maximum Gasteiger partial charge on any atom is 0.494 e. The third-order valence-electron chi connectivity index (χ3n) is 8.98. The Balaban J connectivity index is 1.56. The van der Waals surface area contributed by atoms with Crippen LogP contribution in [0.15, 0.2) is 115 Å². The predicted molar refractivity (Wildman–Crippen MR) is 157 cm³/mol. The smallest absolute Gasteiger partial charge is 0.399 e. The van der Waals surface area contributed by atoms with E-state index in [0.29, 0.717) is 0 Å². The number of rotatable bonds is 3. The Labute approximate surface area is 225 Å². The third-order valence-corrected chi connectivity index (χ3v) is 8.98. The molecule has 3 heteroatoms. The zero-order valence-electron chi connectivity index (χ0n) is 22.4. The lowest BCUT2D eigenvalue weighted by Gasteiger charge is -2.34. The molecule has 2 nitrogen and oxygen atoms in total. The second kappa shape index (κ2) is 8.17. The molecule has 186 valence electrons. The molecule has 0 atom stereocenters. The van der Waals surface area contributed by atoms with Crippen LogP contribution in [0, 0.1) is 0 Å². The number of hydrogen-bond donors (Lipinski definition) is 0. The van der Waals surface area contributed by atoms with Gasteiger partial charge in [0, 0.05) is 0 Å². The fourth-order valence-electron chi connectivity index (χ4n) is 6.41. The first-order valence-electron chi connectivity index (χ1n) is 13.5. The van der Waals surface area contributed by atoms with Crippen molar-refractivity contribution in [3.8, 4) is 11.1 Å². The van der Waals surface area contributed by atoms with E-state index in [1.165, 1.54) is 44.2 Å². The van der Waals surface area contributed by atoms with Crippen LogP contribution in [0.1, 0.15) is 49.9 Å². The minimum Gasteiger partial charge on any atom is -0.399 e. The van der Waals surface area contributed by atoms with E-state index >= 15 is 0 Å². The number of benzene rings is 5. The van der Waals surface area contributed by atoms with Gasteiger partial charge >= 0.3 is 7.12 Å². The molecule has 1 saturated heterocycles. The van der Waals surface area contributed by atoms with Crippen molar-refractivity contribution in [3.63, 3.8) is 0 Å². The molecule has 0 spiro atoms. The lowest BCUT2D eigenvalue weighted by Crippen LogP contribution is -2.41. The molecule has 1 aliphatic carbocycles. The van der Waals surface area contributed by atoms with Gasteiger partial charge in [0.25, 0.3) is 0 Å². The average molecular weight is 494 g/mol. The second-order valence-corrected chi connectivity index (χ2v) is 11.6. The minimum absolute atomic E-state index is 0.386. The van der Waals surface area contributed by atoms with Gasteiger partial charge in [-0.1, -0.05) is 115 Å². The molecule has 1 aliphatic heterocycles. The quantitative estimate of drug-likeness (QED) is 0.237. The summed E-state index contributed by atoms with van der Waals surface area (Å²) in [6, 6.07) is 42.1. The Morgan fingerprint density at radius 1 is 0.553 bits per heavy atom. The van der Waals surface area contributed by atoms with Crippen LogP contribution in [0.2, 0.25) is 0 Å². The Kier molecular flexibility index (Phi) is 5.04. The summed E-state index contributed by atoms with van der Waals surface area (Å²) in [5.74, 6) is 0. The summed E-state index contributed by atoms with van der Waals surface area (Å²) in [6.07, 6.45) is 0. The molecule has 0 radical (unpaired) electrons. The van der Waals surface area contributed by atoms with E-state index in [1.807, 2.05) is 0 Å². The second-order valence-electron chi connectivity index (χ2n) is 11.6. The predicted octanol–water partition coefficient (Wildman–Crippen LogP) is 7.50. The van der Waals surface area contributed by atoms with Crippen LogP contribution in [0.3, 0.4) is 0 Å². The van der Waals surface area contributed by atoms with Crippen LogP contribution in [-0.2, 0) is 14.7 Å². The van der Waals surface area contributed by atoms with Crippen LogP contribution in [0.5, 0.6) is 0 Å².